The van der Waals surface area contributed by atoms with Crippen LogP contribution in [0, 0.1) is 11.7 Å². The van der Waals surface area contributed by atoms with E-state index < -0.39 is 0 Å². The molecule has 5 heteroatoms. The molecular weight excluding hydrogens is 303 g/mol. The van der Waals surface area contributed by atoms with Crippen molar-refractivity contribution in [1.82, 2.24) is 5.32 Å². The van der Waals surface area contributed by atoms with E-state index in [4.69, 9.17) is 5.73 Å². The molecule has 0 bridgehead atoms. The van der Waals surface area contributed by atoms with E-state index in [1.807, 2.05) is 13.8 Å². The Hall–Kier alpha value is -1.13. The van der Waals surface area contributed by atoms with Crippen LogP contribution in [0.1, 0.15) is 45.1 Å². The monoisotopic (exact) mass is 328 g/mol. The van der Waals surface area contributed by atoms with Crippen LogP contribution in [0.15, 0.2) is 24.3 Å². The van der Waals surface area contributed by atoms with E-state index in [0.29, 0.717) is 18.9 Å². The maximum Gasteiger partial charge on any atom is 0.220 e. The van der Waals surface area contributed by atoms with Crippen LogP contribution in [0.25, 0.3) is 0 Å². The highest BCUT2D eigenvalue weighted by molar-refractivity contribution is 5.85. The molecule has 0 radical (unpaired) electrons. The molecule has 1 amide bonds. The Kier molecular flexibility index (Phi) is 6.82. The summed E-state index contributed by atoms with van der Waals surface area (Å²) in [6, 6.07) is 6.62. The molecule has 1 aliphatic rings. The van der Waals surface area contributed by atoms with Crippen molar-refractivity contribution in [3.63, 3.8) is 0 Å². The molecule has 2 atom stereocenters. The molecule has 2 rings (SSSR count). The lowest BCUT2D eigenvalue weighted by molar-refractivity contribution is -0.122. The zero-order chi connectivity index (χ0) is 15.5. The van der Waals surface area contributed by atoms with Crippen LogP contribution in [0.4, 0.5) is 4.39 Å². The van der Waals surface area contributed by atoms with Gasteiger partial charge in [0.25, 0.3) is 0 Å². The molecule has 0 spiro atoms. The number of hydrogen-bond acceptors (Lipinski definition) is 2. The normalized spacial score (nSPS) is 21.3. The summed E-state index contributed by atoms with van der Waals surface area (Å²) >= 11 is 0. The largest absolute Gasteiger partial charge is 0.355 e. The van der Waals surface area contributed by atoms with Gasteiger partial charge in [0.2, 0.25) is 5.91 Å². The number of hydrogen-bond donors (Lipinski definition) is 2. The van der Waals surface area contributed by atoms with Crippen molar-refractivity contribution in [1.29, 1.82) is 0 Å². The second kappa shape index (κ2) is 7.93. The second-order valence-electron chi connectivity index (χ2n) is 6.73. The Morgan fingerprint density at radius 3 is 2.50 bits per heavy atom. The molecule has 1 aliphatic carbocycles. The first kappa shape index (κ1) is 18.9. The number of halogens is 2. The van der Waals surface area contributed by atoms with Crippen LogP contribution >= 0.6 is 12.4 Å². The first-order valence-electron chi connectivity index (χ1n) is 7.67. The fourth-order valence-electron chi connectivity index (χ4n) is 2.95. The van der Waals surface area contributed by atoms with Crippen molar-refractivity contribution in [3.8, 4) is 0 Å². The van der Waals surface area contributed by atoms with E-state index in [0.717, 1.165) is 24.8 Å². The molecule has 0 saturated heterocycles. The molecular formula is C17H26ClFN2O. The van der Waals surface area contributed by atoms with Crippen molar-refractivity contribution in [2.45, 2.75) is 51.0 Å². The number of rotatable bonds is 5. The van der Waals surface area contributed by atoms with Crippen molar-refractivity contribution in [3.05, 3.63) is 35.6 Å². The summed E-state index contributed by atoms with van der Waals surface area (Å²) in [6.07, 6.45) is 3.72. The molecule has 124 valence electrons. The molecule has 3 N–H and O–H groups in total. The number of carbonyl (C=O) groups is 1. The highest BCUT2D eigenvalue weighted by Gasteiger charge is 2.27. The van der Waals surface area contributed by atoms with E-state index in [1.54, 1.807) is 12.1 Å². The third-order valence-corrected chi connectivity index (χ3v) is 4.52. The van der Waals surface area contributed by atoms with Gasteiger partial charge in [0.15, 0.2) is 0 Å². The summed E-state index contributed by atoms with van der Waals surface area (Å²) in [4.78, 5) is 12.1. The fraction of sp³-hybridized carbons (Fsp3) is 0.588. The first-order valence-corrected chi connectivity index (χ1v) is 7.67. The van der Waals surface area contributed by atoms with Gasteiger partial charge in [0.05, 0.1) is 0 Å². The van der Waals surface area contributed by atoms with E-state index in [-0.39, 0.29) is 35.6 Å². The van der Waals surface area contributed by atoms with Crippen molar-refractivity contribution in [2.24, 2.45) is 11.7 Å². The summed E-state index contributed by atoms with van der Waals surface area (Å²) in [5, 5.41) is 3.00. The molecule has 22 heavy (non-hydrogen) atoms. The fourth-order valence-corrected chi connectivity index (χ4v) is 2.95. The summed E-state index contributed by atoms with van der Waals surface area (Å²) in [7, 11) is 0. The number of nitrogens with two attached hydrogens (primary N) is 1. The van der Waals surface area contributed by atoms with Gasteiger partial charge in [0.1, 0.15) is 5.82 Å². The number of carbonyl (C=O) groups excluding carboxylic acids is 1. The molecule has 0 aliphatic heterocycles. The van der Waals surface area contributed by atoms with Crippen LogP contribution in [-0.2, 0) is 10.2 Å². The molecule has 3 nitrogen and oxygen atoms in total. The van der Waals surface area contributed by atoms with E-state index in [9.17, 15) is 9.18 Å². The third kappa shape index (κ3) is 4.96. The average Bonchev–Trinajstić information content (AvgIpc) is 2.83. The van der Waals surface area contributed by atoms with E-state index in [1.165, 1.54) is 12.1 Å². The Balaban J connectivity index is 0.00000242. The SMILES string of the molecule is CC(C)(CNC(=O)C[C@@H]1CCC[C@H]1N)c1ccc(F)cc1.Cl. The van der Waals surface area contributed by atoms with Gasteiger partial charge in [-0.1, -0.05) is 32.4 Å². The number of nitrogens with one attached hydrogen (secondary N) is 1. The lowest BCUT2D eigenvalue weighted by Gasteiger charge is -2.26. The minimum atomic E-state index is -0.242. The maximum absolute atomic E-state index is 13.0. The molecule has 0 heterocycles. The molecule has 0 aromatic heterocycles. The first-order chi connectivity index (χ1) is 9.88. The van der Waals surface area contributed by atoms with Gasteiger partial charge >= 0.3 is 0 Å². The lowest BCUT2D eigenvalue weighted by Crippen LogP contribution is -2.38. The average molecular weight is 329 g/mol. The lowest BCUT2D eigenvalue weighted by atomic mass is 9.84. The number of benzene rings is 1. The van der Waals surface area contributed by atoms with Crippen LogP contribution in [0.5, 0.6) is 0 Å². The Labute approximate surface area is 138 Å². The van der Waals surface area contributed by atoms with Crippen molar-refractivity contribution in [2.75, 3.05) is 6.54 Å². The highest BCUT2D eigenvalue weighted by Crippen LogP contribution is 2.27. The van der Waals surface area contributed by atoms with Gasteiger partial charge in [-0.2, -0.15) is 0 Å². The predicted molar refractivity (Wildman–Crippen MR) is 89.6 cm³/mol. The van der Waals surface area contributed by atoms with Gasteiger partial charge in [-0.25, -0.2) is 4.39 Å². The molecule has 1 aromatic carbocycles. The van der Waals surface area contributed by atoms with Gasteiger partial charge in [-0.15, -0.1) is 12.4 Å². The van der Waals surface area contributed by atoms with Crippen molar-refractivity contribution >= 4 is 18.3 Å². The van der Waals surface area contributed by atoms with Crippen LogP contribution in [0.2, 0.25) is 0 Å². The maximum atomic E-state index is 13.0. The highest BCUT2D eigenvalue weighted by atomic mass is 35.5. The van der Waals surface area contributed by atoms with E-state index >= 15 is 0 Å². The number of amides is 1. The minimum Gasteiger partial charge on any atom is -0.355 e. The Bertz CT molecular complexity index is 490. The van der Waals surface area contributed by atoms with Gasteiger partial charge < -0.3 is 11.1 Å². The topological polar surface area (TPSA) is 55.1 Å². The molecule has 1 saturated carbocycles. The van der Waals surface area contributed by atoms with Gasteiger partial charge in [-0.3, -0.25) is 4.79 Å². The third-order valence-electron chi connectivity index (χ3n) is 4.52. The quantitative estimate of drug-likeness (QED) is 0.872. The smallest absolute Gasteiger partial charge is 0.220 e. The minimum absolute atomic E-state index is 0. The standard InChI is InChI=1S/C17H25FN2O.ClH/c1-17(2,13-6-8-14(18)9-7-13)11-20-16(21)10-12-4-3-5-15(12)19;/h6-9,12,15H,3-5,10-11,19H2,1-2H3,(H,20,21);1H/t12-,15+;/m0./s1. The van der Waals surface area contributed by atoms with Gasteiger partial charge in [-0.05, 0) is 36.5 Å². The van der Waals surface area contributed by atoms with Crippen molar-refractivity contribution < 1.29 is 9.18 Å². The second-order valence-corrected chi connectivity index (χ2v) is 6.73. The Morgan fingerprint density at radius 1 is 1.32 bits per heavy atom. The summed E-state index contributed by atoms with van der Waals surface area (Å²) in [5.74, 6) is 0.139. The Morgan fingerprint density at radius 2 is 1.95 bits per heavy atom. The molecule has 0 unspecified atom stereocenters. The summed E-state index contributed by atoms with van der Waals surface area (Å²) in [5.41, 5.74) is 6.79. The van der Waals surface area contributed by atoms with Gasteiger partial charge in [0, 0.05) is 24.4 Å². The summed E-state index contributed by atoms with van der Waals surface area (Å²) in [6.45, 7) is 4.63. The predicted octanol–water partition coefficient (Wildman–Crippen LogP) is 3.16. The van der Waals surface area contributed by atoms with Crippen LogP contribution in [0.3, 0.4) is 0 Å². The zero-order valence-corrected chi connectivity index (χ0v) is 14.1. The van der Waals surface area contributed by atoms with Crippen LogP contribution in [-0.4, -0.2) is 18.5 Å². The molecule has 1 aromatic rings. The summed E-state index contributed by atoms with van der Waals surface area (Å²) < 4.78 is 13.0. The van der Waals surface area contributed by atoms with Crippen LogP contribution < -0.4 is 11.1 Å². The van der Waals surface area contributed by atoms with E-state index in [2.05, 4.69) is 5.32 Å². The zero-order valence-electron chi connectivity index (χ0n) is 13.3. The molecule has 1 fully saturated rings.